The number of rotatable bonds is 11. The molecular formula is C21H32IN5O3. The molecule has 4 N–H and O–H groups in total. The first-order valence-electron chi connectivity index (χ1n) is 10.1. The number of carbonyl (C=O) groups is 1. The van der Waals surface area contributed by atoms with Crippen molar-refractivity contribution in [3.63, 3.8) is 0 Å². The lowest BCUT2D eigenvalue weighted by molar-refractivity contribution is -0.119. The molecule has 0 unspecified atom stereocenters. The third kappa shape index (κ3) is 8.21. The second-order valence-electron chi connectivity index (χ2n) is 6.51. The number of hydrogen-bond acceptors (Lipinski definition) is 5. The maximum Gasteiger partial charge on any atom is 0.255 e. The Morgan fingerprint density at radius 3 is 2.50 bits per heavy atom. The summed E-state index contributed by atoms with van der Waals surface area (Å²) in [6, 6.07) is 7.62. The van der Waals surface area contributed by atoms with Crippen molar-refractivity contribution in [2.24, 2.45) is 10.7 Å². The molecule has 9 heteroatoms. The molecule has 1 aromatic heterocycles. The van der Waals surface area contributed by atoms with Gasteiger partial charge in [0.15, 0.2) is 12.6 Å². The summed E-state index contributed by atoms with van der Waals surface area (Å²) in [4.78, 5) is 15.5. The maximum atomic E-state index is 10.8. The van der Waals surface area contributed by atoms with Gasteiger partial charge in [0.2, 0.25) is 0 Å². The van der Waals surface area contributed by atoms with Gasteiger partial charge in [0.05, 0.1) is 12.2 Å². The fourth-order valence-electron chi connectivity index (χ4n) is 2.85. The van der Waals surface area contributed by atoms with E-state index in [-0.39, 0.29) is 30.6 Å². The Hall–Kier alpha value is -2.30. The summed E-state index contributed by atoms with van der Waals surface area (Å²) < 4.78 is 10.7. The highest BCUT2D eigenvalue weighted by Crippen LogP contribution is 2.17. The van der Waals surface area contributed by atoms with E-state index < -0.39 is 5.91 Å². The fourth-order valence-corrected chi connectivity index (χ4v) is 2.85. The van der Waals surface area contributed by atoms with Gasteiger partial charge in [-0.15, -0.1) is 24.0 Å². The first-order valence-corrected chi connectivity index (χ1v) is 10.1. The van der Waals surface area contributed by atoms with Crippen LogP contribution in [0.25, 0.3) is 0 Å². The monoisotopic (exact) mass is 529 g/mol. The smallest absolute Gasteiger partial charge is 0.255 e. The molecule has 1 heterocycles. The van der Waals surface area contributed by atoms with Crippen LogP contribution in [0, 0.1) is 0 Å². The molecule has 2 aromatic rings. The molecule has 0 radical (unpaired) electrons. The molecule has 1 amide bonds. The van der Waals surface area contributed by atoms with Crippen LogP contribution in [0.5, 0.6) is 5.75 Å². The molecule has 0 atom stereocenters. The second kappa shape index (κ2) is 13.8. The lowest BCUT2D eigenvalue weighted by atomic mass is 10.1. The van der Waals surface area contributed by atoms with Crippen molar-refractivity contribution in [1.29, 1.82) is 0 Å². The van der Waals surface area contributed by atoms with Crippen molar-refractivity contribution in [2.75, 3.05) is 19.7 Å². The molecule has 0 aliphatic rings. The quantitative estimate of drug-likeness (QED) is 0.234. The predicted molar refractivity (Wildman–Crippen MR) is 128 cm³/mol. The van der Waals surface area contributed by atoms with Gasteiger partial charge in [-0.05, 0) is 37.5 Å². The highest BCUT2D eigenvalue weighted by atomic mass is 127. The minimum Gasteiger partial charge on any atom is -0.484 e. The van der Waals surface area contributed by atoms with E-state index >= 15 is 0 Å². The average molecular weight is 529 g/mol. The topological polar surface area (TPSA) is 115 Å². The zero-order chi connectivity index (χ0) is 21.1. The summed E-state index contributed by atoms with van der Waals surface area (Å²) in [5.74, 6) is 1.80. The van der Waals surface area contributed by atoms with Crippen LogP contribution in [-0.2, 0) is 30.6 Å². The van der Waals surface area contributed by atoms with Gasteiger partial charge in [0.25, 0.3) is 5.91 Å². The highest BCUT2D eigenvalue weighted by molar-refractivity contribution is 14.0. The Bertz CT molecular complexity index is 784. The van der Waals surface area contributed by atoms with E-state index in [2.05, 4.69) is 34.6 Å². The molecule has 166 valence electrons. The van der Waals surface area contributed by atoms with Crippen LogP contribution >= 0.6 is 24.0 Å². The minimum atomic E-state index is -0.489. The number of aromatic nitrogens is 1. The molecule has 1 aromatic carbocycles. The summed E-state index contributed by atoms with van der Waals surface area (Å²) in [5, 5.41) is 10.8. The lowest BCUT2D eigenvalue weighted by Gasteiger charge is -2.12. The molecule has 0 saturated carbocycles. The van der Waals surface area contributed by atoms with E-state index in [4.69, 9.17) is 15.0 Å². The molecule has 0 spiro atoms. The van der Waals surface area contributed by atoms with Crippen molar-refractivity contribution >= 4 is 35.8 Å². The molecule has 0 fully saturated rings. The SMILES string of the molecule is CCNC(=NCc1c(CC)noc1CC)NCCc1ccc(OCC(N)=O)cc1.I. The van der Waals surface area contributed by atoms with Crippen LogP contribution in [0.2, 0.25) is 0 Å². The summed E-state index contributed by atoms with van der Waals surface area (Å²) in [7, 11) is 0. The van der Waals surface area contributed by atoms with Crippen LogP contribution in [0.3, 0.4) is 0 Å². The summed E-state index contributed by atoms with van der Waals surface area (Å²) in [6.07, 6.45) is 2.46. The number of nitrogens with two attached hydrogens (primary N) is 1. The number of benzene rings is 1. The summed E-state index contributed by atoms with van der Waals surface area (Å²) in [5.41, 5.74) is 8.29. The molecule has 30 heavy (non-hydrogen) atoms. The Morgan fingerprint density at radius 1 is 1.17 bits per heavy atom. The molecular weight excluding hydrogens is 497 g/mol. The van der Waals surface area contributed by atoms with Gasteiger partial charge in [-0.25, -0.2) is 4.99 Å². The van der Waals surface area contributed by atoms with Crippen LogP contribution in [-0.4, -0.2) is 36.7 Å². The van der Waals surface area contributed by atoms with Crippen LogP contribution in [0.4, 0.5) is 0 Å². The summed E-state index contributed by atoms with van der Waals surface area (Å²) >= 11 is 0. The largest absolute Gasteiger partial charge is 0.484 e. The van der Waals surface area contributed by atoms with Crippen molar-refractivity contribution < 1.29 is 14.1 Å². The van der Waals surface area contributed by atoms with Gasteiger partial charge in [0.1, 0.15) is 11.5 Å². The zero-order valence-corrected chi connectivity index (χ0v) is 20.2. The van der Waals surface area contributed by atoms with Crippen LogP contribution in [0.1, 0.15) is 43.4 Å². The molecule has 2 rings (SSSR count). The fraction of sp³-hybridized carbons (Fsp3) is 0.476. The second-order valence-corrected chi connectivity index (χ2v) is 6.51. The van der Waals surface area contributed by atoms with Gasteiger partial charge in [-0.1, -0.05) is 31.1 Å². The Labute approximate surface area is 195 Å². The van der Waals surface area contributed by atoms with E-state index in [0.29, 0.717) is 12.3 Å². The van der Waals surface area contributed by atoms with Gasteiger partial charge >= 0.3 is 0 Å². The Kier molecular flexibility index (Phi) is 11.9. The number of nitrogens with one attached hydrogen (secondary N) is 2. The van der Waals surface area contributed by atoms with Crippen LogP contribution < -0.4 is 21.1 Å². The molecule has 0 aliphatic heterocycles. The van der Waals surface area contributed by atoms with E-state index in [0.717, 1.165) is 60.9 Å². The number of hydrogen-bond donors (Lipinski definition) is 3. The number of primary amides is 1. The summed E-state index contributed by atoms with van der Waals surface area (Å²) in [6.45, 7) is 8.10. The average Bonchev–Trinajstić information content (AvgIpc) is 3.13. The van der Waals surface area contributed by atoms with E-state index in [1.165, 1.54) is 0 Å². The Morgan fingerprint density at radius 2 is 1.90 bits per heavy atom. The molecule has 0 bridgehead atoms. The lowest BCUT2D eigenvalue weighted by Crippen LogP contribution is -2.38. The van der Waals surface area contributed by atoms with Crippen molar-refractivity contribution in [2.45, 2.75) is 46.6 Å². The van der Waals surface area contributed by atoms with Gasteiger partial charge < -0.3 is 25.6 Å². The highest BCUT2D eigenvalue weighted by Gasteiger charge is 2.13. The number of aryl methyl sites for hydroxylation is 2. The predicted octanol–water partition coefficient (Wildman–Crippen LogP) is 2.58. The first kappa shape index (κ1) is 25.7. The number of aliphatic imine (C=N–C) groups is 1. The zero-order valence-electron chi connectivity index (χ0n) is 17.9. The van der Waals surface area contributed by atoms with Gasteiger partial charge in [0, 0.05) is 25.1 Å². The molecule has 8 nitrogen and oxygen atoms in total. The minimum absolute atomic E-state index is 0. The number of amides is 1. The van der Waals surface area contributed by atoms with E-state index in [1.807, 2.05) is 31.2 Å². The maximum absolute atomic E-state index is 10.8. The van der Waals surface area contributed by atoms with Gasteiger partial charge in [-0.2, -0.15) is 0 Å². The number of halogens is 1. The molecule has 0 aliphatic carbocycles. The number of carbonyl (C=O) groups excluding carboxylic acids is 1. The third-order valence-electron chi connectivity index (χ3n) is 4.36. The first-order chi connectivity index (χ1) is 14.1. The van der Waals surface area contributed by atoms with Gasteiger partial charge in [-0.3, -0.25) is 4.79 Å². The van der Waals surface area contributed by atoms with Crippen molar-refractivity contribution in [3.05, 3.63) is 46.8 Å². The van der Waals surface area contributed by atoms with Crippen molar-refractivity contribution in [3.8, 4) is 5.75 Å². The number of nitrogens with zero attached hydrogens (tertiary/aromatic N) is 2. The van der Waals surface area contributed by atoms with Crippen molar-refractivity contribution in [1.82, 2.24) is 15.8 Å². The van der Waals surface area contributed by atoms with E-state index in [9.17, 15) is 4.79 Å². The van der Waals surface area contributed by atoms with Crippen LogP contribution in [0.15, 0.2) is 33.8 Å². The number of ether oxygens (including phenoxy) is 1. The standard InChI is InChI=1S/C21H31N5O3.HI/c1-4-18-17(19(5-2)29-26-18)13-25-21(23-6-3)24-12-11-15-7-9-16(10-8-15)28-14-20(22)27;/h7-10H,4-6,11-14H2,1-3H3,(H2,22,27)(H2,23,24,25);1H. The van der Waals surface area contributed by atoms with E-state index in [1.54, 1.807) is 0 Å². The Balaban J connectivity index is 0.00000450. The third-order valence-corrected chi connectivity index (χ3v) is 4.36. The normalized spacial score (nSPS) is 11.0. The molecule has 0 saturated heterocycles. The number of guanidine groups is 1.